The Morgan fingerprint density at radius 1 is 1.33 bits per heavy atom. The Hall–Kier alpha value is -2.76. The monoisotopic (exact) mass is 324 g/mol. The second kappa shape index (κ2) is 5.40. The number of hydrogen-bond donors (Lipinski definition) is 1. The van der Waals surface area contributed by atoms with Crippen LogP contribution in [-0.4, -0.2) is 20.7 Å². The highest BCUT2D eigenvalue weighted by atomic mass is 19.1. The highest BCUT2D eigenvalue weighted by Crippen LogP contribution is 2.48. The van der Waals surface area contributed by atoms with Crippen molar-refractivity contribution >= 4 is 22.6 Å². The van der Waals surface area contributed by atoms with Crippen molar-refractivity contribution in [3.63, 3.8) is 0 Å². The van der Waals surface area contributed by atoms with Crippen molar-refractivity contribution in [3.8, 4) is 0 Å². The number of aromatic nitrogens is 3. The van der Waals surface area contributed by atoms with E-state index in [9.17, 15) is 9.18 Å². The zero-order chi connectivity index (χ0) is 16.8. The number of anilines is 1. The van der Waals surface area contributed by atoms with E-state index in [2.05, 4.69) is 15.4 Å². The molecule has 6 heteroatoms. The molecule has 0 spiro atoms. The third kappa shape index (κ3) is 2.54. The third-order valence-corrected chi connectivity index (χ3v) is 4.56. The molecular formula is C18H17FN4O. The minimum Gasteiger partial charge on any atom is -0.324 e. The number of nitrogens with zero attached hydrogens (tertiary/aromatic N) is 3. The summed E-state index contributed by atoms with van der Waals surface area (Å²) in [5.74, 6) is -0.179. The molecule has 4 rings (SSSR count). The molecule has 1 amide bonds. The van der Waals surface area contributed by atoms with Gasteiger partial charge in [-0.3, -0.25) is 9.48 Å². The molecule has 0 radical (unpaired) electrons. The van der Waals surface area contributed by atoms with Gasteiger partial charge in [0.05, 0.1) is 17.6 Å². The fourth-order valence-electron chi connectivity index (χ4n) is 3.17. The summed E-state index contributed by atoms with van der Waals surface area (Å²) in [4.78, 5) is 16.8. The van der Waals surface area contributed by atoms with E-state index in [1.165, 1.54) is 12.1 Å². The number of hydrogen-bond acceptors (Lipinski definition) is 3. The molecule has 5 nitrogen and oxygen atoms in total. The topological polar surface area (TPSA) is 59.8 Å². The van der Waals surface area contributed by atoms with Gasteiger partial charge in [0.25, 0.3) is 0 Å². The van der Waals surface area contributed by atoms with Crippen LogP contribution in [0.5, 0.6) is 0 Å². The molecule has 0 saturated heterocycles. The fraction of sp³-hybridized carbons (Fsp3) is 0.278. The number of benzene rings is 1. The molecule has 1 N–H and O–H groups in total. The summed E-state index contributed by atoms with van der Waals surface area (Å²) < 4.78 is 14.7. The number of carbonyl (C=O) groups is 1. The Morgan fingerprint density at radius 2 is 2.08 bits per heavy atom. The standard InChI is InChI=1S/C18H17FN4O/c1-10-14-7-13(9-20-17(14)23(2)22-10)21-18(24)16-8-15(16)11-3-5-12(19)6-4-11/h3-7,9,15-16H,8H2,1-2H3,(H,21,24). The summed E-state index contributed by atoms with van der Waals surface area (Å²) in [6.07, 6.45) is 2.44. The summed E-state index contributed by atoms with van der Waals surface area (Å²) in [5.41, 5.74) is 3.36. The molecule has 1 fully saturated rings. The van der Waals surface area contributed by atoms with Crippen molar-refractivity contribution in [1.29, 1.82) is 0 Å². The number of pyridine rings is 1. The summed E-state index contributed by atoms with van der Waals surface area (Å²) in [6.45, 7) is 1.92. The fourth-order valence-corrected chi connectivity index (χ4v) is 3.17. The van der Waals surface area contributed by atoms with E-state index in [0.717, 1.165) is 28.7 Å². The second-order valence-electron chi connectivity index (χ2n) is 6.29. The van der Waals surface area contributed by atoms with E-state index in [-0.39, 0.29) is 23.6 Å². The van der Waals surface area contributed by atoms with E-state index in [1.54, 1.807) is 23.0 Å². The molecule has 2 aromatic heterocycles. The van der Waals surface area contributed by atoms with Crippen molar-refractivity contribution in [3.05, 3.63) is 53.6 Å². The first kappa shape index (κ1) is 14.8. The molecule has 24 heavy (non-hydrogen) atoms. The summed E-state index contributed by atoms with van der Waals surface area (Å²) in [7, 11) is 1.85. The average Bonchev–Trinajstić information content (AvgIpc) is 3.31. The van der Waals surface area contributed by atoms with Crippen molar-refractivity contribution in [2.24, 2.45) is 13.0 Å². The molecular weight excluding hydrogens is 307 g/mol. The van der Waals surface area contributed by atoms with Gasteiger partial charge < -0.3 is 5.32 Å². The van der Waals surface area contributed by atoms with Crippen molar-refractivity contribution in [2.45, 2.75) is 19.3 Å². The lowest BCUT2D eigenvalue weighted by molar-refractivity contribution is -0.117. The predicted octanol–water partition coefficient (Wildman–Crippen LogP) is 3.16. The first-order chi connectivity index (χ1) is 11.5. The SMILES string of the molecule is Cc1nn(C)c2ncc(NC(=O)C3CC3c3ccc(F)cc3)cc12. The highest BCUT2D eigenvalue weighted by molar-refractivity contribution is 5.96. The van der Waals surface area contributed by atoms with Crippen LogP contribution in [0.2, 0.25) is 0 Å². The van der Waals surface area contributed by atoms with Gasteiger partial charge in [0, 0.05) is 18.4 Å². The highest BCUT2D eigenvalue weighted by Gasteiger charge is 2.43. The van der Waals surface area contributed by atoms with Gasteiger partial charge >= 0.3 is 0 Å². The number of fused-ring (bicyclic) bond motifs is 1. The van der Waals surface area contributed by atoms with Crippen LogP contribution in [0.25, 0.3) is 11.0 Å². The Labute approximate surface area is 138 Å². The van der Waals surface area contributed by atoms with Crippen LogP contribution in [0.4, 0.5) is 10.1 Å². The predicted molar refractivity (Wildman–Crippen MR) is 89.1 cm³/mol. The molecule has 0 bridgehead atoms. The summed E-state index contributed by atoms with van der Waals surface area (Å²) in [6, 6.07) is 8.27. The van der Waals surface area contributed by atoms with E-state index < -0.39 is 0 Å². The number of halogens is 1. The smallest absolute Gasteiger partial charge is 0.228 e. The molecule has 0 aliphatic heterocycles. The van der Waals surface area contributed by atoms with Crippen molar-refractivity contribution < 1.29 is 9.18 Å². The van der Waals surface area contributed by atoms with Gasteiger partial charge in [0.2, 0.25) is 5.91 Å². The molecule has 2 heterocycles. The molecule has 1 aromatic carbocycles. The maximum Gasteiger partial charge on any atom is 0.228 e. The van der Waals surface area contributed by atoms with E-state index in [4.69, 9.17) is 0 Å². The van der Waals surface area contributed by atoms with Crippen LogP contribution in [0.3, 0.4) is 0 Å². The summed E-state index contributed by atoms with van der Waals surface area (Å²) in [5, 5.41) is 8.19. The van der Waals surface area contributed by atoms with Crippen LogP contribution >= 0.6 is 0 Å². The van der Waals surface area contributed by atoms with Crippen LogP contribution in [0.1, 0.15) is 23.6 Å². The molecule has 2 unspecified atom stereocenters. The molecule has 1 aliphatic carbocycles. The number of nitrogens with one attached hydrogen (secondary N) is 1. The molecule has 3 aromatic rings. The Balaban J connectivity index is 1.49. The number of rotatable bonds is 3. The minimum absolute atomic E-state index is 0.0213. The third-order valence-electron chi connectivity index (χ3n) is 4.56. The van der Waals surface area contributed by atoms with Crippen molar-refractivity contribution in [1.82, 2.24) is 14.8 Å². The molecule has 122 valence electrons. The van der Waals surface area contributed by atoms with Gasteiger partial charge in [0.15, 0.2) is 5.65 Å². The number of amides is 1. The second-order valence-corrected chi connectivity index (χ2v) is 6.29. The minimum atomic E-state index is -0.258. The van der Waals surface area contributed by atoms with Crippen molar-refractivity contribution in [2.75, 3.05) is 5.32 Å². The zero-order valence-corrected chi connectivity index (χ0v) is 13.5. The van der Waals surface area contributed by atoms with Gasteiger partial charge in [-0.05, 0) is 43.0 Å². The lowest BCUT2D eigenvalue weighted by Crippen LogP contribution is -2.14. The van der Waals surface area contributed by atoms with Gasteiger partial charge in [0.1, 0.15) is 5.82 Å². The summed E-state index contributed by atoms with van der Waals surface area (Å²) >= 11 is 0. The number of carbonyl (C=O) groups excluding carboxylic acids is 1. The lowest BCUT2D eigenvalue weighted by Gasteiger charge is -2.05. The van der Waals surface area contributed by atoms with Crippen LogP contribution < -0.4 is 5.32 Å². The van der Waals surface area contributed by atoms with Gasteiger partial charge in [-0.25, -0.2) is 9.37 Å². The van der Waals surface area contributed by atoms with Crippen LogP contribution in [0, 0.1) is 18.7 Å². The maximum absolute atomic E-state index is 13.0. The van der Waals surface area contributed by atoms with E-state index in [1.807, 2.05) is 20.0 Å². The van der Waals surface area contributed by atoms with Gasteiger partial charge in [-0.2, -0.15) is 5.10 Å². The molecule has 1 saturated carbocycles. The molecule has 1 aliphatic rings. The Morgan fingerprint density at radius 3 is 2.83 bits per heavy atom. The van der Waals surface area contributed by atoms with Gasteiger partial charge in [-0.1, -0.05) is 12.1 Å². The largest absolute Gasteiger partial charge is 0.324 e. The normalized spacial score (nSPS) is 19.5. The lowest BCUT2D eigenvalue weighted by atomic mass is 10.1. The van der Waals surface area contributed by atoms with Crippen LogP contribution in [-0.2, 0) is 11.8 Å². The quantitative estimate of drug-likeness (QED) is 0.805. The molecule has 2 atom stereocenters. The first-order valence-corrected chi connectivity index (χ1v) is 7.88. The van der Waals surface area contributed by atoms with Gasteiger partial charge in [-0.15, -0.1) is 0 Å². The van der Waals surface area contributed by atoms with Crippen LogP contribution in [0.15, 0.2) is 36.5 Å². The Kier molecular flexibility index (Phi) is 3.33. The maximum atomic E-state index is 13.0. The first-order valence-electron chi connectivity index (χ1n) is 7.88. The van der Waals surface area contributed by atoms with E-state index >= 15 is 0 Å². The Bertz CT molecular complexity index is 932. The number of aryl methyl sites for hydroxylation is 2. The zero-order valence-electron chi connectivity index (χ0n) is 13.5. The van der Waals surface area contributed by atoms with E-state index in [0.29, 0.717) is 5.69 Å². The average molecular weight is 324 g/mol.